The normalized spacial score (nSPS) is 12.3. The van der Waals surface area contributed by atoms with Crippen LogP contribution in [0.15, 0.2) is 60.7 Å². The van der Waals surface area contributed by atoms with E-state index >= 15 is 0 Å². The molecule has 0 aromatic heterocycles. The first kappa shape index (κ1) is 14.2. The molecular formula is C18H15NO3. The number of aryl methyl sites for hydroxylation is 1. The number of nitro groups is 1. The largest absolute Gasteiger partial charge is 0.384 e. The highest BCUT2D eigenvalue weighted by molar-refractivity contribution is 5.86. The minimum absolute atomic E-state index is 0.0638. The Hall–Kier alpha value is -2.72. The van der Waals surface area contributed by atoms with Crippen molar-refractivity contribution in [3.05, 3.63) is 87.5 Å². The quantitative estimate of drug-likeness (QED) is 0.583. The van der Waals surface area contributed by atoms with Crippen molar-refractivity contribution >= 4 is 16.5 Å². The molecule has 0 spiro atoms. The van der Waals surface area contributed by atoms with Crippen LogP contribution in [0.25, 0.3) is 10.8 Å². The standard InChI is InChI=1S/C18H15NO3/c1-12-11-14(9-10-17(12)19(21)22)18(20)16-8-4-6-13-5-2-3-7-15(13)16/h2-11,18,20H,1H3/t18-/m0/s1. The van der Waals surface area contributed by atoms with Crippen molar-refractivity contribution in [2.75, 3.05) is 0 Å². The summed E-state index contributed by atoms with van der Waals surface area (Å²) in [6.45, 7) is 1.68. The summed E-state index contributed by atoms with van der Waals surface area (Å²) >= 11 is 0. The van der Waals surface area contributed by atoms with E-state index in [4.69, 9.17) is 0 Å². The molecular weight excluding hydrogens is 278 g/mol. The summed E-state index contributed by atoms with van der Waals surface area (Å²) in [6.07, 6.45) is -0.814. The average Bonchev–Trinajstić information content (AvgIpc) is 2.53. The van der Waals surface area contributed by atoms with Crippen LogP contribution in [0, 0.1) is 17.0 Å². The van der Waals surface area contributed by atoms with Crippen LogP contribution in [0.2, 0.25) is 0 Å². The molecule has 0 saturated heterocycles. The van der Waals surface area contributed by atoms with Crippen molar-refractivity contribution < 1.29 is 10.0 Å². The van der Waals surface area contributed by atoms with Gasteiger partial charge in [0.05, 0.1) is 4.92 Å². The van der Waals surface area contributed by atoms with Gasteiger partial charge in [-0.05, 0) is 41.0 Å². The molecule has 4 heteroatoms. The molecule has 0 unspecified atom stereocenters. The van der Waals surface area contributed by atoms with Gasteiger partial charge in [0.15, 0.2) is 0 Å². The Labute approximate surface area is 127 Å². The summed E-state index contributed by atoms with van der Waals surface area (Å²) in [5, 5.41) is 23.6. The maximum atomic E-state index is 10.9. The number of aliphatic hydroxyl groups excluding tert-OH is 1. The van der Waals surface area contributed by atoms with E-state index in [0.29, 0.717) is 11.1 Å². The molecule has 3 aromatic rings. The van der Waals surface area contributed by atoms with Gasteiger partial charge in [0.1, 0.15) is 6.10 Å². The Bertz CT molecular complexity index is 853. The molecule has 0 bridgehead atoms. The van der Waals surface area contributed by atoms with Crippen LogP contribution in [0.5, 0.6) is 0 Å². The second-order valence-corrected chi connectivity index (χ2v) is 5.27. The van der Waals surface area contributed by atoms with E-state index in [1.807, 2.05) is 42.5 Å². The minimum Gasteiger partial charge on any atom is -0.384 e. The molecule has 1 N–H and O–H groups in total. The zero-order valence-electron chi connectivity index (χ0n) is 12.1. The summed E-state index contributed by atoms with van der Waals surface area (Å²) in [5.74, 6) is 0. The summed E-state index contributed by atoms with van der Waals surface area (Å²) in [6, 6.07) is 18.3. The first-order valence-corrected chi connectivity index (χ1v) is 6.98. The lowest BCUT2D eigenvalue weighted by atomic mass is 9.95. The third-order valence-electron chi connectivity index (χ3n) is 3.85. The summed E-state index contributed by atoms with van der Waals surface area (Å²) < 4.78 is 0. The SMILES string of the molecule is Cc1cc([C@H](O)c2cccc3ccccc23)ccc1[N+](=O)[O-]. The number of rotatable bonds is 3. The molecule has 0 saturated carbocycles. The van der Waals surface area contributed by atoms with E-state index in [1.165, 1.54) is 6.07 Å². The monoisotopic (exact) mass is 293 g/mol. The predicted octanol–water partition coefficient (Wildman–Crippen LogP) is 4.14. The van der Waals surface area contributed by atoms with Crippen LogP contribution in [-0.4, -0.2) is 10.0 Å². The molecule has 4 nitrogen and oxygen atoms in total. The number of nitrogens with zero attached hydrogens (tertiary/aromatic N) is 1. The summed E-state index contributed by atoms with van der Waals surface area (Å²) in [7, 11) is 0. The van der Waals surface area contributed by atoms with Crippen molar-refractivity contribution in [2.45, 2.75) is 13.0 Å². The van der Waals surface area contributed by atoms with Crippen molar-refractivity contribution in [1.29, 1.82) is 0 Å². The van der Waals surface area contributed by atoms with Gasteiger partial charge in [0.2, 0.25) is 0 Å². The zero-order chi connectivity index (χ0) is 15.7. The van der Waals surface area contributed by atoms with Crippen molar-refractivity contribution in [2.24, 2.45) is 0 Å². The van der Waals surface area contributed by atoms with Crippen LogP contribution in [0.4, 0.5) is 5.69 Å². The summed E-state index contributed by atoms with van der Waals surface area (Å²) in [5.41, 5.74) is 2.06. The van der Waals surface area contributed by atoms with E-state index in [9.17, 15) is 15.2 Å². The maximum absolute atomic E-state index is 10.9. The van der Waals surface area contributed by atoms with Crippen LogP contribution < -0.4 is 0 Å². The number of benzene rings is 3. The Kier molecular flexibility index (Phi) is 3.61. The van der Waals surface area contributed by atoms with Crippen molar-refractivity contribution in [3.63, 3.8) is 0 Å². The molecule has 110 valence electrons. The topological polar surface area (TPSA) is 63.4 Å². The fraction of sp³-hybridized carbons (Fsp3) is 0.111. The first-order valence-electron chi connectivity index (χ1n) is 6.98. The Morgan fingerprint density at radius 2 is 1.77 bits per heavy atom. The van der Waals surface area contributed by atoms with E-state index in [2.05, 4.69) is 0 Å². The van der Waals surface area contributed by atoms with Gasteiger partial charge in [-0.25, -0.2) is 0 Å². The highest BCUT2D eigenvalue weighted by atomic mass is 16.6. The highest BCUT2D eigenvalue weighted by Gasteiger charge is 2.17. The molecule has 22 heavy (non-hydrogen) atoms. The van der Waals surface area contributed by atoms with Crippen LogP contribution >= 0.6 is 0 Å². The number of hydrogen-bond donors (Lipinski definition) is 1. The highest BCUT2D eigenvalue weighted by Crippen LogP contribution is 2.31. The number of fused-ring (bicyclic) bond motifs is 1. The van der Waals surface area contributed by atoms with E-state index in [1.54, 1.807) is 19.1 Å². The molecule has 3 rings (SSSR count). The second kappa shape index (κ2) is 5.58. The lowest BCUT2D eigenvalue weighted by Gasteiger charge is -2.15. The third kappa shape index (κ3) is 2.44. The summed E-state index contributed by atoms with van der Waals surface area (Å²) in [4.78, 5) is 10.5. The molecule has 0 fully saturated rings. The first-order chi connectivity index (χ1) is 10.6. The van der Waals surface area contributed by atoms with Crippen molar-refractivity contribution in [1.82, 2.24) is 0 Å². The zero-order valence-corrected chi connectivity index (χ0v) is 12.1. The molecule has 3 aromatic carbocycles. The third-order valence-corrected chi connectivity index (χ3v) is 3.85. The smallest absolute Gasteiger partial charge is 0.272 e. The van der Waals surface area contributed by atoms with Crippen LogP contribution in [0.1, 0.15) is 22.8 Å². The van der Waals surface area contributed by atoms with Gasteiger partial charge in [-0.3, -0.25) is 10.1 Å². The maximum Gasteiger partial charge on any atom is 0.272 e. The molecule has 0 aliphatic carbocycles. The minimum atomic E-state index is -0.814. The van der Waals surface area contributed by atoms with Gasteiger partial charge in [-0.2, -0.15) is 0 Å². The molecule has 0 radical (unpaired) electrons. The molecule has 0 aliphatic heterocycles. The lowest BCUT2D eigenvalue weighted by Crippen LogP contribution is -2.02. The van der Waals surface area contributed by atoms with Crippen molar-refractivity contribution in [3.8, 4) is 0 Å². The fourth-order valence-electron chi connectivity index (χ4n) is 2.72. The number of aliphatic hydroxyl groups is 1. The molecule has 1 atom stereocenters. The second-order valence-electron chi connectivity index (χ2n) is 5.27. The average molecular weight is 293 g/mol. The Morgan fingerprint density at radius 3 is 2.50 bits per heavy atom. The van der Waals surface area contributed by atoms with E-state index in [-0.39, 0.29) is 5.69 Å². The van der Waals surface area contributed by atoms with Crippen LogP contribution in [-0.2, 0) is 0 Å². The molecule has 0 amide bonds. The van der Waals surface area contributed by atoms with Crippen LogP contribution in [0.3, 0.4) is 0 Å². The van der Waals surface area contributed by atoms with Gasteiger partial charge in [0, 0.05) is 11.6 Å². The Balaban J connectivity index is 2.08. The molecule has 0 heterocycles. The Morgan fingerprint density at radius 1 is 1.05 bits per heavy atom. The van der Waals surface area contributed by atoms with Gasteiger partial charge < -0.3 is 5.11 Å². The van der Waals surface area contributed by atoms with Gasteiger partial charge in [0.25, 0.3) is 5.69 Å². The lowest BCUT2D eigenvalue weighted by molar-refractivity contribution is -0.385. The van der Waals surface area contributed by atoms with Gasteiger partial charge >= 0.3 is 0 Å². The number of hydrogen-bond acceptors (Lipinski definition) is 3. The van der Waals surface area contributed by atoms with Gasteiger partial charge in [-0.15, -0.1) is 0 Å². The van der Waals surface area contributed by atoms with E-state index in [0.717, 1.165) is 16.3 Å². The number of nitro benzene ring substituents is 1. The predicted molar refractivity (Wildman–Crippen MR) is 85.8 cm³/mol. The fourth-order valence-corrected chi connectivity index (χ4v) is 2.72. The van der Waals surface area contributed by atoms with E-state index < -0.39 is 11.0 Å². The van der Waals surface area contributed by atoms with Gasteiger partial charge in [-0.1, -0.05) is 42.5 Å². The molecule has 0 aliphatic rings.